The molecule has 0 amide bonds. The Morgan fingerprint density at radius 1 is 1.38 bits per heavy atom. The Kier molecular flexibility index (Phi) is 4.56. The van der Waals surface area contributed by atoms with Crippen molar-refractivity contribution < 1.29 is 10.2 Å². The standard InChI is InChI=1S/C10H20O2S/c1-9(4-7-11)13-8-10(12)5-2-3-6-10/h9,11-12H,2-8H2,1H3. The predicted molar refractivity (Wildman–Crippen MR) is 57.0 cm³/mol. The summed E-state index contributed by atoms with van der Waals surface area (Å²) in [5.41, 5.74) is -0.394. The highest BCUT2D eigenvalue weighted by Gasteiger charge is 2.31. The summed E-state index contributed by atoms with van der Waals surface area (Å²) >= 11 is 1.79. The number of hydrogen-bond donors (Lipinski definition) is 2. The summed E-state index contributed by atoms with van der Waals surface area (Å²) in [6.07, 6.45) is 5.11. The first-order valence-electron chi connectivity index (χ1n) is 5.11. The van der Waals surface area contributed by atoms with Crippen LogP contribution in [-0.2, 0) is 0 Å². The van der Waals surface area contributed by atoms with Crippen molar-refractivity contribution in [3.63, 3.8) is 0 Å². The van der Waals surface area contributed by atoms with Crippen LogP contribution < -0.4 is 0 Å². The van der Waals surface area contributed by atoms with E-state index in [9.17, 15) is 5.11 Å². The molecule has 0 saturated heterocycles. The Hall–Kier alpha value is 0.270. The molecule has 0 bridgehead atoms. The van der Waals surface area contributed by atoms with E-state index in [4.69, 9.17) is 5.11 Å². The Morgan fingerprint density at radius 3 is 2.54 bits per heavy atom. The molecule has 1 saturated carbocycles. The van der Waals surface area contributed by atoms with Gasteiger partial charge in [-0.25, -0.2) is 0 Å². The lowest BCUT2D eigenvalue weighted by Gasteiger charge is -2.23. The number of hydrogen-bond acceptors (Lipinski definition) is 3. The van der Waals surface area contributed by atoms with E-state index < -0.39 is 5.60 Å². The third-order valence-corrected chi connectivity index (χ3v) is 4.22. The topological polar surface area (TPSA) is 40.5 Å². The SMILES string of the molecule is CC(CCO)SCC1(O)CCCC1. The van der Waals surface area contributed by atoms with E-state index >= 15 is 0 Å². The maximum Gasteiger partial charge on any atom is 0.0737 e. The van der Waals surface area contributed by atoms with Crippen LogP contribution in [0.25, 0.3) is 0 Å². The minimum Gasteiger partial charge on any atom is -0.396 e. The van der Waals surface area contributed by atoms with E-state index in [0.717, 1.165) is 25.0 Å². The zero-order valence-electron chi connectivity index (χ0n) is 8.33. The first-order valence-corrected chi connectivity index (χ1v) is 6.16. The molecule has 1 rings (SSSR count). The van der Waals surface area contributed by atoms with Crippen molar-refractivity contribution in [1.82, 2.24) is 0 Å². The lowest BCUT2D eigenvalue weighted by atomic mass is 10.1. The van der Waals surface area contributed by atoms with Crippen molar-refractivity contribution in [2.45, 2.75) is 49.9 Å². The molecule has 2 N–H and O–H groups in total. The molecule has 1 atom stereocenters. The quantitative estimate of drug-likeness (QED) is 0.717. The summed E-state index contributed by atoms with van der Waals surface area (Å²) < 4.78 is 0. The Bertz CT molecular complexity index is 144. The van der Waals surface area contributed by atoms with E-state index in [2.05, 4.69) is 6.92 Å². The molecule has 13 heavy (non-hydrogen) atoms. The third kappa shape index (κ3) is 3.88. The van der Waals surface area contributed by atoms with Crippen LogP contribution in [0.3, 0.4) is 0 Å². The molecule has 0 radical (unpaired) electrons. The van der Waals surface area contributed by atoms with Gasteiger partial charge in [-0.05, 0) is 19.3 Å². The molecule has 1 unspecified atom stereocenters. The molecular formula is C10H20O2S. The maximum absolute atomic E-state index is 10.0. The molecule has 2 nitrogen and oxygen atoms in total. The Balaban J connectivity index is 2.17. The highest BCUT2D eigenvalue weighted by molar-refractivity contribution is 7.99. The van der Waals surface area contributed by atoms with Crippen molar-refractivity contribution in [2.75, 3.05) is 12.4 Å². The zero-order valence-corrected chi connectivity index (χ0v) is 9.15. The first kappa shape index (κ1) is 11.3. The largest absolute Gasteiger partial charge is 0.396 e. The van der Waals surface area contributed by atoms with Crippen LogP contribution in [0.15, 0.2) is 0 Å². The summed E-state index contributed by atoms with van der Waals surface area (Å²) in [5, 5.41) is 19.2. The van der Waals surface area contributed by atoms with Crippen LogP contribution in [0.4, 0.5) is 0 Å². The van der Waals surface area contributed by atoms with Crippen LogP contribution in [-0.4, -0.2) is 33.4 Å². The van der Waals surface area contributed by atoms with Gasteiger partial charge < -0.3 is 10.2 Å². The van der Waals surface area contributed by atoms with Gasteiger partial charge in [0, 0.05) is 17.6 Å². The molecule has 1 aliphatic carbocycles. The minimum atomic E-state index is -0.394. The fraction of sp³-hybridized carbons (Fsp3) is 1.00. The molecule has 1 fully saturated rings. The normalized spacial score (nSPS) is 23.3. The maximum atomic E-state index is 10.0. The Morgan fingerprint density at radius 2 is 2.00 bits per heavy atom. The summed E-state index contributed by atoms with van der Waals surface area (Å²) in [6.45, 7) is 2.37. The van der Waals surface area contributed by atoms with Gasteiger partial charge in [0.25, 0.3) is 0 Å². The molecule has 3 heteroatoms. The molecular weight excluding hydrogens is 184 g/mol. The van der Waals surface area contributed by atoms with Crippen molar-refractivity contribution in [3.05, 3.63) is 0 Å². The van der Waals surface area contributed by atoms with Gasteiger partial charge in [0.05, 0.1) is 5.60 Å². The Labute approximate surface area is 84.7 Å². The molecule has 0 aromatic rings. The minimum absolute atomic E-state index is 0.257. The number of aliphatic hydroxyl groups is 2. The monoisotopic (exact) mass is 204 g/mol. The number of thioether (sulfide) groups is 1. The van der Waals surface area contributed by atoms with Crippen molar-refractivity contribution in [1.29, 1.82) is 0 Å². The van der Waals surface area contributed by atoms with Crippen LogP contribution in [0.2, 0.25) is 0 Å². The first-order chi connectivity index (χ1) is 6.16. The lowest BCUT2D eigenvalue weighted by molar-refractivity contribution is 0.0731. The molecule has 0 aliphatic heterocycles. The highest BCUT2D eigenvalue weighted by Crippen LogP contribution is 2.33. The van der Waals surface area contributed by atoms with Gasteiger partial charge in [0.2, 0.25) is 0 Å². The molecule has 0 aromatic carbocycles. The molecule has 0 heterocycles. The van der Waals surface area contributed by atoms with Gasteiger partial charge >= 0.3 is 0 Å². The molecule has 0 spiro atoms. The van der Waals surface area contributed by atoms with Crippen LogP contribution >= 0.6 is 11.8 Å². The van der Waals surface area contributed by atoms with E-state index in [1.54, 1.807) is 11.8 Å². The van der Waals surface area contributed by atoms with Crippen molar-refractivity contribution >= 4 is 11.8 Å². The van der Waals surface area contributed by atoms with Gasteiger partial charge in [-0.2, -0.15) is 11.8 Å². The zero-order chi connectivity index (χ0) is 9.73. The second-order valence-corrected chi connectivity index (χ2v) is 5.49. The highest BCUT2D eigenvalue weighted by atomic mass is 32.2. The average Bonchev–Trinajstić information content (AvgIpc) is 2.51. The number of aliphatic hydroxyl groups excluding tert-OH is 1. The predicted octanol–water partition coefficient (Wildman–Crippen LogP) is 1.80. The second kappa shape index (κ2) is 5.23. The van der Waals surface area contributed by atoms with E-state index in [0.29, 0.717) is 5.25 Å². The van der Waals surface area contributed by atoms with Crippen LogP contribution in [0.5, 0.6) is 0 Å². The fourth-order valence-corrected chi connectivity index (χ4v) is 2.90. The lowest BCUT2D eigenvalue weighted by Crippen LogP contribution is -2.28. The van der Waals surface area contributed by atoms with Crippen LogP contribution in [0, 0.1) is 0 Å². The van der Waals surface area contributed by atoms with Crippen LogP contribution in [0.1, 0.15) is 39.0 Å². The van der Waals surface area contributed by atoms with Crippen molar-refractivity contribution in [2.24, 2.45) is 0 Å². The summed E-state index contributed by atoms with van der Waals surface area (Å²) in [6, 6.07) is 0. The van der Waals surface area contributed by atoms with Gasteiger partial charge in [0.1, 0.15) is 0 Å². The summed E-state index contributed by atoms with van der Waals surface area (Å²) in [4.78, 5) is 0. The molecule has 78 valence electrons. The van der Waals surface area contributed by atoms with E-state index in [-0.39, 0.29) is 6.61 Å². The average molecular weight is 204 g/mol. The third-order valence-electron chi connectivity index (χ3n) is 2.71. The van der Waals surface area contributed by atoms with E-state index in [1.807, 2.05) is 0 Å². The number of rotatable bonds is 5. The van der Waals surface area contributed by atoms with Gasteiger partial charge in [-0.15, -0.1) is 0 Å². The fourth-order valence-electron chi connectivity index (χ4n) is 1.74. The summed E-state index contributed by atoms with van der Waals surface area (Å²) in [7, 11) is 0. The second-order valence-electron chi connectivity index (χ2n) is 4.07. The van der Waals surface area contributed by atoms with Gasteiger partial charge in [-0.3, -0.25) is 0 Å². The molecule has 1 aliphatic rings. The van der Waals surface area contributed by atoms with E-state index in [1.165, 1.54) is 12.8 Å². The van der Waals surface area contributed by atoms with Gasteiger partial charge in [-0.1, -0.05) is 19.8 Å². The van der Waals surface area contributed by atoms with Gasteiger partial charge in [0.15, 0.2) is 0 Å². The molecule has 0 aromatic heterocycles. The van der Waals surface area contributed by atoms with Crippen molar-refractivity contribution in [3.8, 4) is 0 Å². The summed E-state index contributed by atoms with van der Waals surface area (Å²) in [5.74, 6) is 0.841. The smallest absolute Gasteiger partial charge is 0.0737 e.